The number of fused-ring (bicyclic) bond motifs is 1. The molecule has 168 valence electrons. The number of amides is 1. The molecule has 0 saturated heterocycles. The monoisotopic (exact) mass is 485 g/mol. The van der Waals surface area contributed by atoms with E-state index < -0.39 is 6.04 Å². The summed E-state index contributed by atoms with van der Waals surface area (Å²) in [5.41, 5.74) is 3.23. The molecule has 1 aliphatic rings. The highest BCUT2D eigenvalue weighted by Gasteiger charge is 2.32. The number of rotatable bonds is 4. The van der Waals surface area contributed by atoms with Crippen LogP contribution in [0.1, 0.15) is 24.1 Å². The first kappa shape index (κ1) is 22.1. The van der Waals surface area contributed by atoms with Gasteiger partial charge in [0.1, 0.15) is 0 Å². The molecule has 1 amide bonds. The second kappa shape index (κ2) is 9.25. The first-order valence-corrected chi connectivity index (χ1v) is 11.9. The van der Waals surface area contributed by atoms with Crippen molar-refractivity contribution in [3.8, 4) is 0 Å². The lowest BCUT2D eigenvalue weighted by atomic mass is 9.95. The van der Waals surface area contributed by atoms with Gasteiger partial charge in [-0.05, 0) is 48.4 Å². The van der Waals surface area contributed by atoms with Gasteiger partial charge in [0.15, 0.2) is 4.80 Å². The van der Waals surface area contributed by atoms with Crippen LogP contribution in [0.2, 0.25) is 5.02 Å². The van der Waals surface area contributed by atoms with Gasteiger partial charge in [0.25, 0.3) is 11.5 Å². The number of halogens is 1. The van der Waals surface area contributed by atoms with E-state index in [9.17, 15) is 9.59 Å². The zero-order chi connectivity index (χ0) is 23.7. The smallest absolute Gasteiger partial charge is 0.271 e. The number of hydrogen-bond acceptors (Lipinski definition) is 4. The largest absolute Gasteiger partial charge is 0.322 e. The average molecular weight is 486 g/mol. The molecule has 0 saturated carbocycles. The zero-order valence-electron chi connectivity index (χ0n) is 18.2. The third kappa shape index (κ3) is 4.25. The minimum absolute atomic E-state index is 0.190. The third-order valence-electron chi connectivity index (χ3n) is 5.58. The lowest BCUT2D eigenvalue weighted by molar-refractivity contribution is -0.113. The normalized spacial score (nSPS) is 15.6. The van der Waals surface area contributed by atoms with E-state index in [1.807, 2.05) is 85.8 Å². The van der Waals surface area contributed by atoms with Gasteiger partial charge in [0.2, 0.25) is 0 Å². The fourth-order valence-electron chi connectivity index (χ4n) is 3.99. The average Bonchev–Trinajstić information content (AvgIpc) is 3.15. The molecule has 5 nitrogen and oxygen atoms in total. The number of thiazole rings is 1. The van der Waals surface area contributed by atoms with Crippen LogP contribution in [0.15, 0.2) is 106 Å². The van der Waals surface area contributed by atoms with Crippen LogP contribution in [0.3, 0.4) is 0 Å². The molecular formula is C27H20ClN3O2S. The Morgan fingerprint density at radius 2 is 1.65 bits per heavy atom. The number of anilines is 1. The Balaban J connectivity index is 1.66. The second-order valence-corrected chi connectivity index (χ2v) is 9.31. The minimum atomic E-state index is -0.589. The van der Waals surface area contributed by atoms with Gasteiger partial charge < -0.3 is 5.32 Å². The second-order valence-electron chi connectivity index (χ2n) is 7.86. The highest BCUT2D eigenvalue weighted by molar-refractivity contribution is 7.07. The summed E-state index contributed by atoms with van der Waals surface area (Å²) in [6.07, 6.45) is 1.82. The van der Waals surface area contributed by atoms with Crippen LogP contribution in [-0.4, -0.2) is 10.5 Å². The number of hydrogen-bond donors (Lipinski definition) is 1. The molecule has 1 atom stereocenters. The van der Waals surface area contributed by atoms with Crippen molar-refractivity contribution in [2.24, 2.45) is 4.99 Å². The molecule has 0 aliphatic carbocycles. The number of carbonyl (C=O) groups excluding carboxylic acids is 1. The van der Waals surface area contributed by atoms with Crippen molar-refractivity contribution in [3.05, 3.63) is 132 Å². The van der Waals surface area contributed by atoms with Gasteiger partial charge >= 0.3 is 0 Å². The van der Waals surface area contributed by atoms with E-state index >= 15 is 0 Å². The summed E-state index contributed by atoms with van der Waals surface area (Å²) in [6, 6.07) is 25.5. The number of aromatic nitrogens is 1. The standard InChI is InChI=1S/C27H20ClN3O2S/c1-17-23(25(32)30-21-10-6-3-7-11-21)24(19-8-4-2-5-9-19)31-26(33)22(34-27(31)29-17)16-18-12-14-20(28)15-13-18/h2-16,24H,1H3,(H,30,32)/b22-16+/t24-/m0/s1. The lowest BCUT2D eigenvalue weighted by Gasteiger charge is -2.25. The van der Waals surface area contributed by atoms with Crippen molar-refractivity contribution in [3.63, 3.8) is 0 Å². The first-order valence-electron chi connectivity index (χ1n) is 10.7. The fourth-order valence-corrected chi connectivity index (χ4v) is 5.17. The van der Waals surface area contributed by atoms with E-state index in [4.69, 9.17) is 11.6 Å². The van der Waals surface area contributed by atoms with Crippen LogP contribution in [0, 0.1) is 0 Å². The van der Waals surface area contributed by atoms with Crippen molar-refractivity contribution in [2.75, 3.05) is 5.32 Å². The molecule has 0 unspecified atom stereocenters. The SMILES string of the molecule is CC1=C(C(=O)Nc2ccccc2)[C@H](c2ccccc2)n2c(s/c(=C/c3ccc(Cl)cc3)c2=O)=N1. The first-order chi connectivity index (χ1) is 16.5. The molecule has 5 rings (SSSR count). The highest BCUT2D eigenvalue weighted by atomic mass is 35.5. The van der Waals surface area contributed by atoms with Gasteiger partial charge in [-0.25, -0.2) is 4.99 Å². The Labute approximate surface area is 205 Å². The van der Waals surface area contributed by atoms with Crippen molar-refractivity contribution in [2.45, 2.75) is 13.0 Å². The molecule has 0 bridgehead atoms. The van der Waals surface area contributed by atoms with Gasteiger partial charge in [-0.2, -0.15) is 0 Å². The summed E-state index contributed by atoms with van der Waals surface area (Å²) in [5.74, 6) is -0.284. The number of benzene rings is 3. The molecule has 1 aromatic heterocycles. The van der Waals surface area contributed by atoms with Crippen LogP contribution in [0.4, 0.5) is 5.69 Å². The van der Waals surface area contributed by atoms with E-state index in [1.54, 1.807) is 16.7 Å². The molecule has 34 heavy (non-hydrogen) atoms. The maximum absolute atomic E-state index is 13.6. The molecule has 3 aromatic carbocycles. The van der Waals surface area contributed by atoms with Gasteiger partial charge in [0, 0.05) is 10.7 Å². The molecule has 2 heterocycles. The Morgan fingerprint density at radius 1 is 1.00 bits per heavy atom. The summed E-state index contributed by atoms with van der Waals surface area (Å²) in [6.45, 7) is 1.81. The molecule has 7 heteroatoms. The highest BCUT2D eigenvalue weighted by Crippen LogP contribution is 2.30. The van der Waals surface area contributed by atoms with Crippen molar-refractivity contribution in [1.82, 2.24) is 4.57 Å². The zero-order valence-corrected chi connectivity index (χ0v) is 19.8. The van der Waals surface area contributed by atoms with Crippen molar-refractivity contribution >= 4 is 40.6 Å². The molecule has 0 fully saturated rings. The topological polar surface area (TPSA) is 63.5 Å². The number of nitrogens with one attached hydrogen (secondary N) is 1. The Bertz CT molecular complexity index is 1570. The van der Waals surface area contributed by atoms with Gasteiger partial charge in [0.05, 0.1) is 21.8 Å². The molecule has 1 aliphatic heterocycles. The van der Waals surface area contributed by atoms with Gasteiger partial charge in [-0.15, -0.1) is 0 Å². The summed E-state index contributed by atoms with van der Waals surface area (Å²) >= 11 is 7.31. The lowest BCUT2D eigenvalue weighted by Crippen LogP contribution is -2.40. The van der Waals surface area contributed by atoms with Gasteiger partial charge in [-0.1, -0.05) is 83.6 Å². The van der Waals surface area contributed by atoms with Crippen LogP contribution < -0.4 is 20.2 Å². The molecule has 1 N–H and O–H groups in total. The molecule has 0 spiro atoms. The quantitative estimate of drug-likeness (QED) is 0.461. The number of para-hydroxylation sites is 1. The van der Waals surface area contributed by atoms with E-state index in [-0.39, 0.29) is 11.5 Å². The predicted molar refractivity (Wildman–Crippen MR) is 137 cm³/mol. The van der Waals surface area contributed by atoms with Gasteiger partial charge in [-0.3, -0.25) is 14.2 Å². The van der Waals surface area contributed by atoms with Crippen molar-refractivity contribution < 1.29 is 4.79 Å². The molecule has 4 aromatic rings. The number of carbonyl (C=O) groups is 1. The summed E-state index contributed by atoms with van der Waals surface area (Å²) in [7, 11) is 0. The van der Waals surface area contributed by atoms with Crippen LogP contribution in [0.25, 0.3) is 6.08 Å². The van der Waals surface area contributed by atoms with Crippen LogP contribution in [-0.2, 0) is 4.79 Å². The Morgan fingerprint density at radius 3 is 2.32 bits per heavy atom. The third-order valence-corrected chi connectivity index (χ3v) is 6.82. The Hall–Kier alpha value is -3.74. The van der Waals surface area contributed by atoms with Crippen LogP contribution in [0.5, 0.6) is 0 Å². The van der Waals surface area contributed by atoms with E-state index in [1.165, 1.54) is 11.3 Å². The predicted octanol–water partition coefficient (Wildman–Crippen LogP) is 4.53. The van der Waals surface area contributed by atoms with E-state index in [0.29, 0.717) is 31.3 Å². The van der Waals surface area contributed by atoms with Crippen molar-refractivity contribution in [1.29, 1.82) is 0 Å². The summed E-state index contributed by atoms with van der Waals surface area (Å²) in [5, 5.41) is 3.59. The fraction of sp³-hybridized carbons (Fsp3) is 0.0741. The molecule has 0 radical (unpaired) electrons. The molecular weight excluding hydrogens is 466 g/mol. The summed E-state index contributed by atoms with van der Waals surface area (Å²) in [4.78, 5) is 32.3. The maximum Gasteiger partial charge on any atom is 0.271 e. The van der Waals surface area contributed by atoms with E-state index in [2.05, 4.69) is 10.3 Å². The number of allylic oxidation sites excluding steroid dienone is 1. The van der Waals surface area contributed by atoms with E-state index in [0.717, 1.165) is 11.1 Å². The van der Waals surface area contributed by atoms with Crippen LogP contribution >= 0.6 is 22.9 Å². The maximum atomic E-state index is 13.6. The number of nitrogens with zero attached hydrogens (tertiary/aromatic N) is 2. The Kier molecular flexibility index (Phi) is 6.01. The summed E-state index contributed by atoms with van der Waals surface area (Å²) < 4.78 is 2.16. The minimum Gasteiger partial charge on any atom is -0.322 e.